The van der Waals surface area contributed by atoms with E-state index in [1.807, 2.05) is 38.1 Å². The molecule has 0 saturated heterocycles. The van der Waals surface area contributed by atoms with Crippen molar-refractivity contribution in [3.05, 3.63) is 53.1 Å². The lowest BCUT2D eigenvalue weighted by Gasteiger charge is -2.20. The predicted molar refractivity (Wildman–Crippen MR) is 102 cm³/mol. The van der Waals surface area contributed by atoms with Gasteiger partial charge in [-0.1, -0.05) is 43.6 Å². The molecule has 2 aromatic rings. The molecule has 0 radical (unpaired) electrons. The van der Waals surface area contributed by atoms with Gasteiger partial charge in [-0.05, 0) is 29.8 Å². The zero-order chi connectivity index (χ0) is 18.4. The summed E-state index contributed by atoms with van der Waals surface area (Å²) < 4.78 is 32.2. The quantitative estimate of drug-likeness (QED) is 0.749. The number of nitrogens with zero attached hydrogens (tertiary/aromatic N) is 1. The molecule has 0 fully saturated rings. The molecule has 5 nitrogen and oxygen atoms in total. The van der Waals surface area contributed by atoms with Crippen molar-refractivity contribution in [1.82, 2.24) is 4.31 Å². The van der Waals surface area contributed by atoms with Crippen molar-refractivity contribution in [2.75, 3.05) is 25.5 Å². The number of halogens is 1. The summed E-state index contributed by atoms with van der Waals surface area (Å²) in [4.78, 5) is 0.235. The zero-order valence-electron chi connectivity index (χ0n) is 14.6. The lowest BCUT2D eigenvalue weighted by atomic mass is 10.2. The molecule has 0 aliphatic rings. The number of methoxy groups -OCH3 is 1. The van der Waals surface area contributed by atoms with E-state index in [1.165, 1.54) is 4.31 Å². The summed E-state index contributed by atoms with van der Waals surface area (Å²) in [6.07, 6.45) is 0. The minimum Gasteiger partial charge on any atom is -0.495 e. The number of ether oxygens (including phenoxy) is 1. The first-order valence-electron chi connectivity index (χ1n) is 8.09. The Balaban J connectivity index is 2.33. The van der Waals surface area contributed by atoms with Crippen LogP contribution in [-0.4, -0.2) is 32.9 Å². The SMILES string of the molecule is CCN(CC)S(=O)(=O)c1ccc(OC)c(NCc2ccccc2Cl)c1. The molecule has 0 aliphatic heterocycles. The Bertz CT molecular complexity index is 821. The van der Waals surface area contributed by atoms with Crippen LogP contribution >= 0.6 is 11.6 Å². The standard InChI is InChI=1S/C18H23ClN2O3S/c1-4-21(5-2)25(22,23)15-10-11-18(24-3)17(12-15)20-13-14-8-6-7-9-16(14)19/h6-12,20H,4-5,13H2,1-3H3. The molecular formula is C18H23ClN2O3S. The fraction of sp³-hybridized carbons (Fsp3) is 0.333. The van der Waals surface area contributed by atoms with Gasteiger partial charge in [0.1, 0.15) is 5.75 Å². The van der Waals surface area contributed by atoms with Gasteiger partial charge in [-0.2, -0.15) is 4.31 Å². The van der Waals surface area contributed by atoms with Crippen LogP contribution in [0.15, 0.2) is 47.4 Å². The summed E-state index contributed by atoms with van der Waals surface area (Å²) in [5.74, 6) is 0.575. The number of anilines is 1. The Morgan fingerprint density at radius 1 is 1.12 bits per heavy atom. The van der Waals surface area contributed by atoms with Gasteiger partial charge in [0, 0.05) is 24.7 Å². The second kappa shape index (κ2) is 8.56. The molecule has 25 heavy (non-hydrogen) atoms. The zero-order valence-corrected chi connectivity index (χ0v) is 16.2. The smallest absolute Gasteiger partial charge is 0.243 e. The van der Waals surface area contributed by atoms with E-state index >= 15 is 0 Å². The van der Waals surface area contributed by atoms with Crippen LogP contribution < -0.4 is 10.1 Å². The van der Waals surface area contributed by atoms with E-state index in [9.17, 15) is 8.42 Å². The van der Waals surface area contributed by atoms with Gasteiger partial charge in [-0.25, -0.2) is 8.42 Å². The summed E-state index contributed by atoms with van der Waals surface area (Å²) in [6, 6.07) is 12.3. The molecule has 0 unspecified atom stereocenters. The Hall–Kier alpha value is -1.76. The lowest BCUT2D eigenvalue weighted by Crippen LogP contribution is -2.30. The van der Waals surface area contributed by atoms with Crippen LogP contribution in [0.1, 0.15) is 19.4 Å². The van der Waals surface area contributed by atoms with Crippen molar-refractivity contribution in [2.24, 2.45) is 0 Å². The van der Waals surface area contributed by atoms with Crippen LogP contribution in [-0.2, 0) is 16.6 Å². The number of hydrogen-bond acceptors (Lipinski definition) is 4. The molecule has 2 aromatic carbocycles. The maximum atomic E-state index is 12.7. The van der Waals surface area contributed by atoms with Crippen LogP contribution in [0.5, 0.6) is 5.75 Å². The Kier molecular flexibility index (Phi) is 6.70. The molecule has 0 aliphatic carbocycles. The number of sulfonamides is 1. The van der Waals surface area contributed by atoms with Gasteiger partial charge >= 0.3 is 0 Å². The molecular weight excluding hydrogens is 360 g/mol. The van der Waals surface area contributed by atoms with Crippen LogP contribution in [0.25, 0.3) is 0 Å². The van der Waals surface area contributed by atoms with E-state index in [0.717, 1.165) is 5.56 Å². The average molecular weight is 383 g/mol. The number of nitrogens with one attached hydrogen (secondary N) is 1. The Morgan fingerprint density at radius 2 is 1.80 bits per heavy atom. The molecule has 7 heteroatoms. The summed E-state index contributed by atoms with van der Waals surface area (Å²) in [5, 5.41) is 3.87. The second-order valence-electron chi connectivity index (χ2n) is 5.40. The first kappa shape index (κ1) is 19.6. The fourth-order valence-corrected chi connectivity index (χ4v) is 4.22. The molecule has 0 atom stereocenters. The Labute approximate surface area is 154 Å². The molecule has 1 N–H and O–H groups in total. The maximum absolute atomic E-state index is 12.7. The lowest BCUT2D eigenvalue weighted by molar-refractivity contribution is 0.415. The van der Waals surface area contributed by atoms with Crippen molar-refractivity contribution >= 4 is 27.3 Å². The predicted octanol–water partition coefficient (Wildman–Crippen LogP) is 3.99. The second-order valence-corrected chi connectivity index (χ2v) is 7.74. The number of hydrogen-bond donors (Lipinski definition) is 1. The highest BCUT2D eigenvalue weighted by Gasteiger charge is 2.22. The molecule has 0 heterocycles. The first-order valence-corrected chi connectivity index (χ1v) is 9.91. The molecule has 0 aromatic heterocycles. The van der Waals surface area contributed by atoms with Crippen molar-refractivity contribution in [3.63, 3.8) is 0 Å². The van der Waals surface area contributed by atoms with Crippen molar-refractivity contribution < 1.29 is 13.2 Å². The third kappa shape index (κ3) is 4.45. The largest absolute Gasteiger partial charge is 0.495 e. The Morgan fingerprint density at radius 3 is 2.40 bits per heavy atom. The first-order chi connectivity index (χ1) is 11.9. The number of rotatable bonds is 8. The van der Waals surface area contributed by atoms with E-state index in [2.05, 4.69) is 5.32 Å². The topological polar surface area (TPSA) is 58.6 Å². The normalized spacial score (nSPS) is 11.6. The average Bonchev–Trinajstić information content (AvgIpc) is 2.61. The molecule has 0 amide bonds. The van der Waals surface area contributed by atoms with Crippen LogP contribution in [0.4, 0.5) is 5.69 Å². The molecule has 0 bridgehead atoms. The van der Waals surface area contributed by atoms with Gasteiger partial charge in [0.15, 0.2) is 0 Å². The third-order valence-electron chi connectivity index (χ3n) is 3.94. The summed E-state index contributed by atoms with van der Waals surface area (Å²) in [7, 11) is -1.98. The highest BCUT2D eigenvalue weighted by atomic mass is 35.5. The highest BCUT2D eigenvalue weighted by Crippen LogP contribution is 2.30. The summed E-state index contributed by atoms with van der Waals surface area (Å²) in [5.41, 5.74) is 1.53. The van der Waals surface area contributed by atoms with E-state index in [-0.39, 0.29) is 4.90 Å². The summed E-state index contributed by atoms with van der Waals surface area (Å²) in [6.45, 7) is 4.95. The molecule has 2 rings (SSSR count). The van der Waals surface area contributed by atoms with Crippen LogP contribution in [0.3, 0.4) is 0 Å². The fourth-order valence-electron chi connectivity index (χ4n) is 2.53. The molecule has 136 valence electrons. The molecule has 0 spiro atoms. The maximum Gasteiger partial charge on any atom is 0.243 e. The van der Waals surface area contributed by atoms with Gasteiger partial charge in [0.2, 0.25) is 10.0 Å². The van der Waals surface area contributed by atoms with Gasteiger partial charge in [-0.3, -0.25) is 0 Å². The molecule has 0 saturated carbocycles. The van der Waals surface area contributed by atoms with Gasteiger partial charge in [0.25, 0.3) is 0 Å². The van der Waals surface area contributed by atoms with E-state index in [0.29, 0.717) is 36.1 Å². The van der Waals surface area contributed by atoms with E-state index < -0.39 is 10.0 Å². The van der Waals surface area contributed by atoms with E-state index in [1.54, 1.807) is 25.3 Å². The van der Waals surface area contributed by atoms with Crippen LogP contribution in [0, 0.1) is 0 Å². The van der Waals surface area contributed by atoms with Gasteiger partial charge in [-0.15, -0.1) is 0 Å². The van der Waals surface area contributed by atoms with Crippen molar-refractivity contribution in [1.29, 1.82) is 0 Å². The monoisotopic (exact) mass is 382 g/mol. The third-order valence-corrected chi connectivity index (χ3v) is 6.36. The van der Waals surface area contributed by atoms with Gasteiger partial charge in [0.05, 0.1) is 17.7 Å². The number of benzene rings is 2. The van der Waals surface area contributed by atoms with Gasteiger partial charge < -0.3 is 10.1 Å². The highest BCUT2D eigenvalue weighted by molar-refractivity contribution is 7.89. The van der Waals surface area contributed by atoms with E-state index in [4.69, 9.17) is 16.3 Å². The van der Waals surface area contributed by atoms with Crippen molar-refractivity contribution in [2.45, 2.75) is 25.3 Å². The van der Waals surface area contributed by atoms with Crippen molar-refractivity contribution in [3.8, 4) is 5.75 Å². The minimum absolute atomic E-state index is 0.235. The minimum atomic E-state index is -3.53. The van der Waals surface area contributed by atoms with Crippen LogP contribution in [0.2, 0.25) is 5.02 Å². The summed E-state index contributed by atoms with van der Waals surface area (Å²) >= 11 is 6.17.